The highest BCUT2D eigenvalue weighted by Crippen LogP contribution is 2.62. The van der Waals surface area contributed by atoms with Crippen molar-refractivity contribution in [2.45, 2.75) is 58.0 Å². The van der Waals surface area contributed by atoms with Crippen LogP contribution in [0.2, 0.25) is 0 Å². The number of hydrogen-bond donors (Lipinski definition) is 1. The number of rotatable bonds is 9. The summed E-state index contributed by atoms with van der Waals surface area (Å²) in [6.45, 7) is 7.30. The third-order valence-electron chi connectivity index (χ3n) is 11.0. The molecule has 6 aromatic carbocycles. The van der Waals surface area contributed by atoms with Gasteiger partial charge in [-0.15, -0.1) is 0 Å². The molecule has 0 bridgehead atoms. The maximum absolute atomic E-state index is 6.30. The summed E-state index contributed by atoms with van der Waals surface area (Å²) >= 11 is 0. The van der Waals surface area contributed by atoms with Crippen LogP contribution >= 0.6 is 0 Å². The summed E-state index contributed by atoms with van der Waals surface area (Å²) in [5.74, 6) is 0. The third kappa shape index (κ3) is 5.01. The Morgan fingerprint density at radius 1 is 0.600 bits per heavy atom. The van der Waals surface area contributed by atoms with E-state index in [0.29, 0.717) is 6.54 Å². The summed E-state index contributed by atoms with van der Waals surface area (Å²) in [4.78, 5) is 5.74. The lowest BCUT2D eigenvalue weighted by atomic mass is 9.70. The van der Waals surface area contributed by atoms with E-state index < -0.39 is 0 Å². The Bertz CT molecular complexity index is 2210. The molecule has 0 saturated carbocycles. The molecule has 0 saturated heterocycles. The molecule has 1 atom stereocenters. The topological polar surface area (TPSA) is 38.4 Å². The van der Waals surface area contributed by atoms with E-state index in [-0.39, 0.29) is 11.5 Å². The quantitative estimate of drug-likeness (QED) is 0.155. The maximum Gasteiger partial charge on any atom is 0.0756 e. The molecule has 0 radical (unpaired) electrons. The van der Waals surface area contributed by atoms with Gasteiger partial charge in [-0.1, -0.05) is 154 Å². The van der Waals surface area contributed by atoms with Gasteiger partial charge in [0.25, 0.3) is 0 Å². The summed E-state index contributed by atoms with van der Waals surface area (Å²) in [6.07, 6.45) is 2.92. The number of allylic oxidation sites excluding steroid dienone is 2. The Morgan fingerprint density at radius 3 is 1.78 bits per heavy atom. The minimum atomic E-state index is -0.390. The van der Waals surface area contributed by atoms with Gasteiger partial charge in [-0.3, -0.25) is 4.99 Å². The van der Waals surface area contributed by atoms with Crippen LogP contribution in [0.5, 0.6) is 0 Å². The maximum atomic E-state index is 6.30. The Labute approximate surface area is 297 Å². The van der Waals surface area contributed by atoms with Crippen LogP contribution in [0.15, 0.2) is 156 Å². The van der Waals surface area contributed by atoms with Crippen LogP contribution in [0.1, 0.15) is 90.6 Å². The van der Waals surface area contributed by atoms with E-state index in [4.69, 9.17) is 10.7 Å². The molecule has 1 spiro atoms. The summed E-state index contributed by atoms with van der Waals surface area (Å²) in [5, 5.41) is 0. The molecule has 6 aromatic rings. The molecule has 8 rings (SSSR count). The van der Waals surface area contributed by atoms with Crippen LogP contribution in [-0.4, -0.2) is 5.71 Å². The molecule has 0 fully saturated rings. The van der Waals surface area contributed by atoms with Crippen molar-refractivity contribution in [3.8, 4) is 22.3 Å². The fourth-order valence-electron chi connectivity index (χ4n) is 8.68. The van der Waals surface area contributed by atoms with Gasteiger partial charge < -0.3 is 5.73 Å². The fourth-order valence-corrected chi connectivity index (χ4v) is 8.68. The van der Waals surface area contributed by atoms with Crippen molar-refractivity contribution < 1.29 is 0 Å². The van der Waals surface area contributed by atoms with Crippen LogP contribution in [0.3, 0.4) is 0 Å². The van der Waals surface area contributed by atoms with Gasteiger partial charge in [0, 0.05) is 12.1 Å². The largest absolute Gasteiger partial charge is 0.326 e. The number of aliphatic imine (C=N–C) groups is 1. The molecule has 0 amide bonds. The lowest BCUT2D eigenvalue weighted by molar-refractivity contribution is 0.641. The van der Waals surface area contributed by atoms with Gasteiger partial charge in [-0.25, -0.2) is 0 Å². The summed E-state index contributed by atoms with van der Waals surface area (Å²) in [6, 6.07) is 53.7. The number of nitrogens with two attached hydrogens (primary N) is 1. The molecule has 2 nitrogen and oxygen atoms in total. The van der Waals surface area contributed by atoms with Crippen molar-refractivity contribution in [1.82, 2.24) is 0 Å². The molecule has 246 valence electrons. The van der Waals surface area contributed by atoms with E-state index >= 15 is 0 Å². The monoisotopic (exact) mass is 648 g/mol. The van der Waals surface area contributed by atoms with Gasteiger partial charge in [0.1, 0.15) is 0 Å². The molecule has 2 N–H and O–H groups in total. The second kappa shape index (κ2) is 13.2. The minimum absolute atomic E-state index is 0.0608. The number of benzene rings is 6. The van der Waals surface area contributed by atoms with E-state index in [9.17, 15) is 0 Å². The standard InChI is InChI=1S/C48H44N2/c1-4-16-46(35-19-10-7-11-20-35)50-47(37(5-2)32(3)34-17-8-6-9-18-34)36-26-28-45-41(30-36)40-29-33(31-49)25-27-44(40)48(45)42-23-14-12-21-38(42)39-22-13-15-24-43(39)48/h6-15,17-30,46H,4-5,16,31,49H2,1-3H3/b37-32+,50-47?. The molecule has 2 aliphatic rings. The van der Waals surface area contributed by atoms with Gasteiger partial charge in [0.2, 0.25) is 0 Å². The molecule has 2 aliphatic carbocycles. The Morgan fingerprint density at radius 2 is 1.16 bits per heavy atom. The highest BCUT2D eigenvalue weighted by Gasteiger charge is 2.51. The number of hydrogen-bond acceptors (Lipinski definition) is 2. The van der Waals surface area contributed by atoms with Gasteiger partial charge >= 0.3 is 0 Å². The van der Waals surface area contributed by atoms with Gasteiger partial charge in [0.05, 0.1) is 17.2 Å². The zero-order valence-corrected chi connectivity index (χ0v) is 29.3. The molecule has 0 aliphatic heterocycles. The third-order valence-corrected chi connectivity index (χ3v) is 11.0. The van der Waals surface area contributed by atoms with Crippen molar-refractivity contribution in [3.05, 3.63) is 196 Å². The van der Waals surface area contributed by atoms with E-state index in [2.05, 4.69) is 166 Å². The van der Waals surface area contributed by atoms with E-state index in [0.717, 1.165) is 36.1 Å². The Balaban J connectivity index is 1.41. The van der Waals surface area contributed by atoms with Crippen LogP contribution in [0.4, 0.5) is 0 Å². The van der Waals surface area contributed by atoms with Crippen LogP contribution in [0, 0.1) is 0 Å². The molecule has 0 aromatic heterocycles. The summed E-state index contributed by atoms with van der Waals surface area (Å²) < 4.78 is 0. The van der Waals surface area contributed by atoms with Crippen LogP contribution in [0.25, 0.3) is 27.8 Å². The Kier molecular flexibility index (Phi) is 8.42. The zero-order valence-electron chi connectivity index (χ0n) is 29.3. The van der Waals surface area contributed by atoms with Crippen LogP contribution < -0.4 is 5.73 Å². The SMILES string of the molecule is CCCC(N=C(/C(CC)=C(\C)c1ccccc1)c1ccc2c(c1)-c1cc(CN)ccc1C21c2ccccc2-c2ccccc21)c1ccccc1. The van der Waals surface area contributed by atoms with Crippen molar-refractivity contribution in [1.29, 1.82) is 0 Å². The van der Waals surface area contributed by atoms with Gasteiger partial charge in [-0.05, 0) is 104 Å². The molecular formula is C48H44N2. The Hall–Kier alpha value is -5.31. The molecule has 0 heterocycles. The lowest BCUT2D eigenvalue weighted by Crippen LogP contribution is -2.26. The lowest BCUT2D eigenvalue weighted by Gasteiger charge is -2.30. The fraction of sp³-hybridized carbons (Fsp3) is 0.188. The second-order valence-electron chi connectivity index (χ2n) is 13.7. The average molecular weight is 649 g/mol. The predicted molar refractivity (Wildman–Crippen MR) is 211 cm³/mol. The first-order valence-electron chi connectivity index (χ1n) is 18.2. The highest BCUT2D eigenvalue weighted by molar-refractivity contribution is 6.17. The van der Waals surface area contributed by atoms with Crippen LogP contribution in [-0.2, 0) is 12.0 Å². The van der Waals surface area contributed by atoms with E-state index in [1.165, 1.54) is 66.8 Å². The smallest absolute Gasteiger partial charge is 0.0756 e. The van der Waals surface area contributed by atoms with Gasteiger partial charge in [0.15, 0.2) is 0 Å². The van der Waals surface area contributed by atoms with Gasteiger partial charge in [-0.2, -0.15) is 0 Å². The summed E-state index contributed by atoms with van der Waals surface area (Å²) in [5.41, 5.74) is 24.9. The minimum Gasteiger partial charge on any atom is -0.326 e. The molecular weight excluding hydrogens is 605 g/mol. The molecule has 2 heteroatoms. The number of nitrogens with zero attached hydrogens (tertiary/aromatic N) is 1. The van der Waals surface area contributed by atoms with Crippen molar-refractivity contribution in [2.75, 3.05) is 0 Å². The van der Waals surface area contributed by atoms with Crippen molar-refractivity contribution >= 4 is 11.3 Å². The second-order valence-corrected chi connectivity index (χ2v) is 13.7. The van der Waals surface area contributed by atoms with Crippen molar-refractivity contribution in [3.63, 3.8) is 0 Å². The molecule has 50 heavy (non-hydrogen) atoms. The first kappa shape index (κ1) is 31.9. The predicted octanol–water partition coefficient (Wildman–Crippen LogP) is 11.7. The first-order valence-corrected chi connectivity index (χ1v) is 18.2. The van der Waals surface area contributed by atoms with Crippen molar-refractivity contribution in [2.24, 2.45) is 10.7 Å². The normalized spacial score (nSPS) is 14.8. The van der Waals surface area contributed by atoms with E-state index in [1.807, 2.05) is 0 Å². The zero-order chi connectivity index (χ0) is 34.2. The first-order chi connectivity index (χ1) is 24.6. The van der Waals surface area contributed by atoms with E-state index in [1.54, 1.807) is 0 Å². The molecule has 1 unspecified atom stereocenters. The number of fused-ring (bicyclic) bond motifs is 10. The summed E-state index contributed by atoms with van der Waals surface area (Å²) in [7, 11) is 0. The highest BCUT2D eigenvalue weighted by atomic mass is 14.8. The average Bonchev–Trinajstić information content (AvgIpc) is 3.64.